The fraction of sp³-hybridized carbons (Fsp3) is 0.692. The number of rotatable bonds is 2. The molecule has 1 aromatic heterocycles. The average molecular weight is 224 g/mol. The lowest BCUT2D eigenvalue weighted by Crippen LogP contribution is -2.37. The summed E-state index contributed by atoms with van der Waals surface area (Å²) in [6.45, 7) is 4.31. The van der Waals surface area contributed by atoms with Gasteiger partial charge in [-0.05, 0) is 42.7 Å². The molecular formula is C13H20OS. The van der Waals surface area contributed by atoms with E-state index in [9.17, 15) is 5.11 Å². The minimum absolute atomic E-state index is 0.462. The zero-order valence-electron chi connectivity index (χ0n) is 9.62. The Balaban J connectivity index is 2.34. The van der Waals surface area contributed by atoms with Crippen molar-refractivity contribution in [3.8, 4) is 0 Å². The first-order valence-corrected chi connectivity index (χ1v) is 6.83. The Morgan fingerprint density at radius 3 is 2.93 bits per heavy atom. The third-order valence-corrected chi connectivity index (χ3v) is 4.97. The summed E-state index contributed by atoms with van der Waals surface area (Å²) in [5.74, 6) is 0.462. The lowest BCUT2D eigenvalue weighted by atomic mass is 9.72. The second-order valence-corrected chi connectivity index (χ2v) is 5.62. The van der Waals surface area contributed by atoms with Crippen LogP contribution in [0.15, 0.2) is 11.4 Å². The summed E-state index contributed by atoms with van der Waals surface area (Å²) in [5.41, 5.74) is 0.744. The Morgan fingerprint density at radius 2 is 2.33 bits per heavy atom. The predicted molar refractivity (Wildman–Crippen MR) is 65.2 cm³/mol. The molecule has 0 spiro atoms. The quantitative estimate of drug-likeness (QED) is 0.809. The van der Waals surface area contributed by atoms with Crippen LogP contribution in [0.2, 0.25) is 0 Å². The minimum Gasteiger partial charge on any atom is -0.384 e. The highest BCUT2D eigenvalue weighted by atomic mass is 32.1. The summed E-state index contributed by atoms with van der Waals surface area (Å²) < 4.78 is 0. The molecule has 1 fully saturated rings. The SMILES string of the molecule is CCC1CCCCC1(O)c1sccc1C. The van der Waals surface area contributed by atoms with Gasteiger partial charge < -0.3 is 5.11 Å². The number of hydrogen-bond donors (Lipinski definition) is 1. The first-order valence-electron chi connectivity index (χ1n) is 5.95. The van der Waals surface area contributed by atoms with E-state index in [0.29, 0.717) is 5.92 Å². The van der Waals surface area contributed by atoms with Crippen molar-refractivity contribution in [3.05, 3.63) is 21.9 Å². The van der Waals surface area contributed by atoms with Gasteiger partial charge in [0.05, 0.1) is 0 Å². The Labute approximate surface area is 96.1 Å². The van der Waals surface area contributed by atoms with Gasteiger partial charge >= 0.3 is 0 Å². The lowest BCUT2D eigenvalue weighted by molar-refractivity contribution is -0.0530. The van der Waals surface area contributed by atoms with Gasteiger partial charge in [0.1, 0.15) is 5.60 Å². The smallest absolute Gasteiger partial charge is 0.102 e. The van der Waals surface area contributed by atoms with Gasteiger partial charge in [-0.2, -0.15) is 0 Å². The first kappa shape index (κ1) is 11.2. The second-order valence-electron chi connectivity index (χ2n) is 4.71. The number of thiophene rings is 1. The summed E-state index contributed by atoms with van der Waals surface area (Å²) in [5, 5.41) is 13.0. The summed E-state index contributed by atoms with van der Waals surface area (Å²) in [4.78, 5) is 1.22. The van der Waals surface area contributed by atoms with Crippen LogP contribution in [0.25, 0.3) is 0 Å². The van der Waals surface area contributed by atoms with Crippen LogP contribution in [-0.2, 0) is 5.60 Å². The molecule has 0 aliphatic heterocycles. The molecule has 15 heavy (non-hydrogen) atoms. The summed E-state index contributed by atoms with van der Waals surface area (Å²) in [6, 6.07) is 2.12. The molecule has 0 saturated heterocycles. The van der Waals surface area contributed by atoms with Crippen molar-refractivity contribution in [3.63, 3.8) is 0 Å². The number of aryl methyl sites for hydroxylation is 1. The lowest BCUT2D eigenvalue weighted by Gasteiger charge is -2.39. The molecule has 0 bridgehead atoms. The Bertz CT molecular complexity index is 331. The molecular weight excluding hydrogens is 204 g/mol. The average Bonchev–Trinajstić information content (AvgIpc) is 2.66. The fourth-order valence-corrected chi connectivity index (χ4v) is 4.02. The molecule has 2 rings (SSSR count). The van der Waals surface area contributed by atoms with Crippen LogP contribution in [0, 0.1) is 12.8 Å². The highest BCUT2D eigenvalue weighted by Gasteiger charge is 2.40. The van der Waals surface area contributed by atoms with E-state index < -0.39 is 5.60 Å². The maximum Gasteiger partial charge on any atom is 0.102 e. The topological polar surface area (TPSA) is 20.2 Å². The van der Waals surface area contributed by atoms with Gasteiger partial charge in [0, 0.05) is 4.88 Å². The fourth-order valence-electron chi connectivity index (χ4n) is 2.89. The largest absolute Gasteiger partial charge is 0.384 e. The minimum atomic E-state index is -0.523. The molecule has 2 unspecified atom stereocenters. The zero-order chi connectivity index (χ0) is 10.9. The monoisotopic (exact) mass is 224 g/mol. The molecule has 1 saturated carbocycles. The molecule has 1 aromatic rings. The first-order chi connectivity index (χ1) is 7.18. The van der Waals surface area contributed by atoms with Crippen LogP contribution in [0.3, 0.4) is 0 Å². The van der Waals surface area contributed by atoms with E-state index >= 15 is 0 Å². The van der Waals surface area contributed by atoms with Gasteiger partial charge in [0.25, 0.3) is 0 Å². The van der Waals surface area contributed by atoms with E-state index in [4.69, 9.17) is 0 Å². The highest BCUT2D eigenvalue weighted by molar-refractivity contribution is 7.10. The molecule has 0 radical (unpaired) electrons. The van der Waals surface area contributed by atoms with E-state index in [1.54, 1.807) is 11.3 Å². The van der Waals surface area contributed by atoms with Crippen molar-refractivity contribution >= 4 is 11.3 Å². The standard InChI is InChI=1S/C13H20OS/c1-3-11-6-4-5-8-13(11,14)12-10(2)7-9-15-12/h7,9,11,14H,3-6,8H2,1-2H3. The summed E-state index contributed by atoms with van der Waals surface area (Å²) >= 11 is 1.72. The van der Waals surface area contributed by atoms with E-state index in [0.717, 1.165) is 12.8 Å². The van der Waals surface area contributed by atoms with Crippen LogP contribution >= 0.6 is 11.3 Å². The van der Waals surface area contributed by atoms with E-state index in [2.05, 4.69) is 25.3 Å². The van der Waals surface area contributed by atoms with E-state index in [-0.39, 0.29) is 0 Å². The molecule has 84 valence electrons. The molecule has 0 amide bonds. The molecule has 0 aromatic carbocycles. The van der Waals surface area contributed by atoms with Crippen LogP contribution in [0.5, 0.6) is 0 Å². The van der Waals surface area contributed by atoms with Gasteiger partial charge in [-0.1, -0.05) is 26.2 Å². The molecule has 1 N–H and O–H groups in total. The Kier molecular flexibility index (Phi) is 3.17. The van der Waals surface area contributed by atoms with Crippen LogP contribution in [0.4, 0.5) is 0 Å². The summed E-state index contributed by atoms with van der Waals surface area (Å²) in [7, 11) is 0. The third-order valence-electron chi connectivity index (χ3n) is 3.78. The molecule has 2 heteroatoms. The zero-order valence-corrected chi connectivity index (χ0v) is 10.4. The van der Waals surface area contributed by atoms with Crippen molar-refractivity contribution < 1.29 is 5.11 Å². The predicted octanol–water partition coefficient (Wildman–Crippen LogP) is 3.84. The molecule has 1 nitrogen and oxygen atoms in total. The van der Waals surface area contributed by atoms with Gasteiger partial charge in [-0.3, -0.25) is 0 Å². The van der Waals surface area contributed by atoms with Crippen molar-refractivity contribution in [2.75, 3.05) is 0 Å². The number of hydrogen-bond acceptors (Lipinski definition) is 2. The van der Waals surface area contributed by atoms with Gasteiger partial charge in [-0.25, -0.2) is 0 Å². The van der Waals surface area contributed by atoms with Crippen LogP contribution in [-0.4, -0.2) is 5.11 Å². The third kappa shape index (κ3) is 1.85. The van der Waals surface area contributed by atoms with Crippen molar-refractivity contribution in [1.29, 1.82) is 0 Å². The van der Waals surface area contributed by atoms with Crippen LogP contribution in [0.1, 0.15) is 49.5 Å². The normalized spacial score (nSPS) is 31.8. The van der Waals surface area contributed by atoms with Gasteiger partial charge in [-0.15, -0.1) is 11.3 Å². The molecule has 2 atom stereocenters. The van der Waals surface area contributed by atoms with Gasteiger partial charge in [0.15, 0.2) is 0 Å². The van der Waals surface area contributed by atoms with Gasteiger partial charge in [0.2, 0.25) is 0 Å². The van der Waals surface area contributed by atoms with Crippen LogP contribution < -0.4 is 0 Å². The Morgan fingerprint density at radius 1 is 1.53 bits per heavy atom. The van der Waals surface area contributed by atoms with E-state index in [1.807, 2.05) is 0 Å². The van der Waals surface area contributed by atoms with Crippen molar-refractivity contribution in [1.82, 2.24) is 0 Å². The molecule has 1 aliphatic carbocycles. The molecule has 1 heterocycles. The van der Waals surface area contributed by atoms with E-state index in [1.165, 1.54) is 29.7 Å². The highest BCUT2D eigenvalue weighted by Crippen LogP contribution is 2.46. The maximum atomic E-state index is 10.9. The summed E-state index contributed by atoms with van der Waals surface area (Å²) in [6.07, 6.45) is 5.68. The Hall–Kier alpha value is -0.340. The molecule has 1 aliphatic rings. The maximum absolute atomic E-state index is 10.9. The van der Waals surface area contributed by atoms with Crippen molar-refractivity contribution in [2.45, 2.75) is 51.6 Å². The van der Waals surface area contributed by atoms with Crippen molar-refractivity contribution in [2.24, 2.45) is 5.92 Å². The second kappa shape index (κ2) is 4.26. The number of aliphatic hydroxyl groups is 1.